The monoisotopic (exact) mass is 371 g/mol. The highest BCUT2D eigenvalue weighted by Crippen LogP contribution is 2.29. The van der Waals surface area contributed by atoms with Crippen molar-refractivity contribution in [3.05, 3.63) is 54.0 Å². The lowest BCUT2D eigenvalue weighted by Gasteiger charge is -2.35. The minimum absolute atomic E-state index is 0.0812. The molecular weight excluding hydrogens is 356 g/mol. The zero-order chi connectivity index (χ0) is 18.2. The Kier molecular flexibility index (Phi) is 4.58. The highest BCUT2D eigenvalue weighted by Gasteiger charge is 2.41. The van der Waals surface area contributed by atoms with E-state index in [0.29, 0.717) is 11.8 Å². The van der Waals surface area contributed by atoms with Crippen LogP contribution < -0.4 is 10.0 Å². The molecule has 1 aromatic heterocycles. The molecule has 134 valence electrons. The third kappa shape index (κ3) is 3.55. The van der Waals surface area contributed by atoms with Crippen molar-refractivity contribution in [2.24, 2.45) is 0 Å². The Bertz CT molecular complexity index is 886. The Morgan fingerprint density at radius 2 is 2.12 bits per heavy atom. The molecule has 10 heteroatoms. The topological polar surface area (TPSA) is 91.7 Å². The van der Waals surface area contributed by atoms with Gasteiger partial charge in [-0.05, 0) is 30.7 Å². The second-order valence-electron chi connectivity index (χ2n) is 5.57. The van der Waals surface area contributed by atoms with E-state index in [-0.39, 0.29) is 12.1 Å². The van der Waals surface area contributed by atoms with Gasteiger partial charge in [-0.2, -0.15) is 17.4 Å². The quantitative estimate of drug-likeness (QED) is 0.860. The van der Waals surface area contributed by atoms with Crippen LogP contribution >= 0.6 is 0 Å². The zero-order valence-electron chi connectivity index (χ0n) is 13.1. The van der Waals surface area contributed by atoms with Gasteiger partial charge in [0.25, 0.3) is 10.2 Å². The second kappa shape index (κ2) is 6.54. The zero-order valence-corrected chi connectivity index (χ0v) is 13.9. The molecule has 2 heterocycles. The number of nitrogens with one attached hydrogen (secondary N) is 2. The number of nitrogens with zero attached hydrogens (tertiary/aromatic N) is 1. The summed E-state index contributed by atoms with van der Waals surface area (Å²) in [4.78, 5) is 12.5. The molecule has 1 amide bonds. The van der Waals surface area contributed by atoms with Crippen molar-refractivity contribution in [1.29, 1.82) is 0 Å². The molecule has 1 saturated heterocycles. The van der Waals surface area contributed by atoms with Crippen molar-refractivity contribution in [2.45, 2.75) is 18.5 Å². The first-order chi connectivity index (χ1) is 11.8. The summed E-state index contributed by atoms with van der Waals surface area (Å²) in [6, 6.07) is 4.06. The summed E-state index contributed by atoms with van der Waals surface area (Å²) < 4.78 is 59.6. The van der Waals surface area contributed by atoms with Crippen molar-refractivity contribution in [3.8, 4) is 0 Å². The molecule has 2 N–H and O–H groups in total. The lowest BCUT2D eigenvalue weighted by molar-refractivity contribution is -0.120. The molecule has 3 rings (SSSR count). The van der Waals surface area contributed by atoms with Gasteiger partial charge in [0.1, 0.15) is 23.4 Å². The smallest absolute Gasteiger partial charge is 0.280 e. The van der Waals surface area contributed by atoms with Gasteiger partial charge in [0.15, 0.2) is 0 Å². The van der Waals surface area contributed by atoms with Gasteiger partial charge in [-0.25, -0.2) is 8.78 Å². The van der Waals surface area contributed by atoms with Crippen LogP contribution in [0, 0.1) is 11.6 Å². The Labute approximate surface area is 142 Å². The molecule has 7 nitrogen and oxygen atoms in total. The number of carbonyl (C=O) groups is 1. The number of benzene rings is 1. The molecular formula is C15H15F2N3O4S. The number of furan rings is 1. The van der Waals surface area contributed by atoms with E-state index in [9.17, 15) is 22.0 Å². The summed E-state index contributed by atoms with van der Waals surface area (Å²) in [7, 11) is -2.69. The van der Waals surface area contributed by atoms with Crippen LogP contribution in [0.4, 0.5) is 14.5 Å². The van der Waals surface area contributed by atoms with E-state index in [4.69, 9.17) is 4.42 Å². The first-order valence-corrected chi connectivity index (χ1v) is 8.76. The number of hydrogen-bond acceptors (Lipinski definition) is 4. The first-order valence-electron chi connectivity index (χ1n) is 7.32. The average Bonchev–Trinajstić information content (AvgIpc) is 3.07. The van der Waals surface area contributed by atoms with E-state index < -0.39 is 39.8 Å². The lowest BCUT2D eigenvalue weighted by Crippen LogP contribution is -2.55. The van der Waals surface area contributed by atoms with Gasteiger partial charge in [-0.3, -0.25) is 4.79 Å². The number of amides is 1. The van der Waals surface area contributed by atoms with Crippen LogP contribution in [0.3, 0.4) is 0 Å². The third-order valence-electron chi connectivity index (χ3n) is 3.95. The standard InChI is InChI=1S/C15H15F2N3O4S/c1-20-13(15(21)18-11-5-4-9(16)7-10(11)17)8-12(19-25(20,22)23)14-3-2-6-24-14/h2-7,12-13,19H,8H2,1H3,(H,18,21)/t12-,13+/m0/s1. The minimum atomic E-state index is -3.93. The van der Waals surface area contributed by atoms with Crippen LogP contribution in [0.25, 0.3) is 0 Å². The summed E-state index contributed by atoms with van der Waals surface area (Å²) >= 11 is 0. The Hall–Kier alpha value is -2.30. The van der Waals surface area contributed by atoms with E-state index in [1.807, 2.05) is 0 Å². The number of rotatable bonds is 3. The number of anilines is 1. The van der Waals surface area contributed by atoms with Crippen LogP contribution in [0.5, 0.6) is 0 Å². The van der Waals surface area contributed by atoms with E-state index >= 15 is 0 Å². The molecule has 0 aliphatic carbocycles. The second-order valence-corrected chi connectivity index (χ2v) is 7.33. The molecule has 2 atom stereocenters. The fraction of sp³-hybridized carbons (Fsp3) is 0.267. The summed E-state index contributed by atoms with van der Waals surface area (Å²) in [5.41, 5.74) is -0.231. The summed E-state index contributed by atoms with van der Waals surface area (Å²) in [6.07, 6.45) is 1.48. The molecule has 1 aliphatic heterocycles. The molecule has 0 saturated carbocycles. The molecule has 1 aliphatic rings. The number of likely N-dealkylation sites (N-methyl/N-ethyl adjacent to an activating group) is 1. The Balaban J connectivity index is 1.84. The predicted molar refractivity (Wildman–Crippen MR) is 84.7 cm³/mol. The average molecular weight is 371 g/mol. The van der Waals surface area contributed by atoms with Crippen LogP contribution in [-0.4, -0.2) is 31.7 Å². The van der Waals surface area contributed by atoms with Gasteiger partial charge in [0.05, 0.1) is 18.0 Å². The Morgan fingerprint density at radius 3 is 2.76 bits per heavy atom. The SMILES string of the molecule is CN1[C@@H](C(=O)Nc2ccc(F)cc2F)C[C@@H](c2ccco2)NS1(=O)=O. The first kappa shape index (κ1) is 17.5. The highest BCUT2D eigenvalue weighted by atomic mass is 32.2. The molecule has 2 aromatic rings. The van der Waals surface area contributed by atoms with Gasteiger partial charge < -0.3 is 9.73 Å². The minimum Gasteiger partial charge on any atom is -0.468 e. The maximum atomic E-state index is 13.7. The molecule has 0 unspecified atom stereocenters. The van der Waals surface area contributed by atoms with Crippen LogP contribution in [-0.2, 0) is 15.0 Å². The third-order valence-corrected chi connectivity index (χ3v) is 5.54. The molecule has 1 fully saturated rings. The molecule has 0 spiro atoms. The number of hydrogen-bond donors (Lipinski definition) is 2. The van der Waals surface area contributed by atoms with Gasteiger partial charge >= 0.3 is 0 Å². The summed E-state index contributed by atoms with van der Waals surface area (Å²) in [5.74, 6) is -2.09. The van der Waals surface area contributed by atoms with Crippen molar-refractivity contribution in [3.63, 3.8) is 0 Å². The van der Waals surface area contributed by atoms with E-state index in [2.05, 4.69) is 10.0 Å². The maximum Gasteiger partial charge on any atom is 0.280 e. The molecule has 0 radical (unpaired) electrons. The van der Waals surface area contributed by atoms with Gasteiger partial charge in [0.2, 0.25) is 5.91 Å². The van der Waals surface area contributed by atoms with Gasteiger partial charge in [-0.15, -0.1) is 0 Å². The fourth-order valence-corrected chi connectivity index (χ4v) is 3.85. The highest BCUT2D eigenvalue weighted by molar-refractivity contribution is 7.87. The normalized spacial score (nSPS) is 23.3. The van der Waals surface area contributed by atoms with Crippen LogP contribution in [0.1, 0.15) is 18.2 Å². The van der Waals surface area contributed by atoms with Gasteiger partial charge in [0, 0.05) is 13.1 Å². The Morgan fingerprint density at radius 1 is 1.36 bits per heavy atom. The van der Waals surface area contributed by atoms with E-state index in [0.717, 1.165) is 16.4 Å². The maximum absolute atomic E-state index is 13.7. The largest absolute Gasteiger partial charge is 0.468 e. The van der Waals surface area contributed by atoms with Crippen molar-refractivity contribution in [1.82, 2.24) is 9.03 Å². The van der Waals surface area contributed by atoms with E-state index in [1.165, 1.54) is 13.3 Å². The molecule has 1 aromatic carbocycles. The molecule has 25 heavy (non-hydrogen) atoms. The number of carbonyl (C=O) groups excluding carboxylic acids is 1. The predicted octanol–water partition coefficient (Wildman–Crippen LogP) is 1.78. The van der Waals surface area contributed by atoms with Crippen LogP contribution in [0.2, 0.25) is 0 Å². The van der Waals surface area contributed by atoms with Gasteiger partial charge in [-0.1, -0.05) is 0 Å². The van der Waals surface area contributed by atoms with Crippen LogP contribution in [0.15, 0.2) is 41.0 Å². The van der Waals surface area contributed by atoms with Crippen molar-refractivity contribution < 1.29 is 26.4 Å². The fourth-order valence-electron chi connectivity index (χ4n) is 2.59. The summed E-state index contributed by atoms with van der Waals surface area (Å²) in [6.45, 7) is 0. The van der Waals surface area contributed by atoms with Crippen molar-refractivity contribution in [2.75, 3.05) is 12.4 Å². The lowest BCUT2D eigenvalue weighted by atomic mass is 10.0. The summed E-state index contributed by atoms with van der Waals surface area (Å²) in [5, 5.41) is 2.30. The van der Waals surface area contributed by atoms with Crippen molar-refractivity contribution >= 4 is 21.8 Å². The number of halogens is 2. The van der Waals surface area contributed by atoms with E-state index in [1.54, 1.807) is 12.1 Å². The molecule has 0 bridgehead atoms.